The van der Waals surface area contributed by atoms with Crippen LogP contribution in [0.3, 0.4) is 0 Å². The first-order chi connectivity index (χ1) is 11.6. The number of halogens is 1. The number of carbonyl (C=O) groups excluding carboxylic acids is 1. The molecule has 0 bridgehead atoms. The molecule has 0 fully saturated rings. The van der Waals surface area contributed by atoms with Gasteiger partial charge in [0.2, 0.25) is 0 Å². The van der Waals surface area contributed by atoms with Crippen LogP contribution in [0.2, 0.25) is 5.02 Å². The molecule has 1 N–H and O–H groups in total. The number of nitrogens with one attached hydrogen (secondary N) is 1. The molecule has 1 heterocycles. The number of esters is 1. The van der Waals surface area contributed by atoms with Crippen LogP contribution < -0.4 is 5.32 Å². The molecular weight excluding hydrogens is 324 g/mol. The van der Waals surface area contributed by atoms with Crippen molar-refractivity contribution in [1.82, 2.24) is 4.98 Å². The predicted octanol–water partition coefficient (Wildman–Crippen LogP) is 5.12. The van der Waals surface area contributed by atoms with Gasteiger partial charge in [0.05, 0.1) is 22.7 Å². The number of benzene rings is 2. The molecule has 3 rings (SSSR count). The van der Waals surface area contributed by atoms with Crippen LogP contribution in [0.4, 0.5) is 11.4 Å². The van der Waals surface area contributed by atoms with E-state index in [4.69, 9.17) is 16.3 Å². The van der Waals surface area contributed by atoms with Gasteiger partial charge in [0, 0.05) is 22.5 Å². The van der Waals surface area contributed by atoms with E-state index in [0.717, 1.165) is 28.0 Å². The second kappa shape index (κ2) is 6.89. The number of fused-ring (bicyclic) bond motifs is 1. The second-order valence-corrected chi connectivity index (χ2v) is 5.78. The maximum Gasteiger partial charge on any atom is 0.338 e. The lowest BCUT2D eigenvalue weighted by molar-refractivity contribution is 0.0526. The van der Waals surface area contributed by atoms with Crippen molar-refractivity contribution in [1.29, 1.82) is 0 Å². The van der Waals surface area contributed by atoms with E-state index >= 15 is 0 Å². The third-order valence-corrected chi connectivity index (χ3v) is 3.90. The lowest BCUT2D eigenvalue weighted by Gasteiger charge is -2.12. The molecule has 0 saturated carbocycles. The van der Waals surface area contributed by atoms with Crippen LogP contribution in [0.1, 0.15) is 23.0 Å². The average Bonchev–Trinajstić information content (AvgIpc) is 2.57. The van der Waals surface area contributed by atoms with Crippen molar-refractivity contribution in [3.8, 4) is 0 Å². The minimum atomic E-state index is -0.318. The molecule has 0 saturated heterocycles. The fraction of sp³-hybridized carbons (Fsp3) is 0.158. The highest BCUT2D eigenvalue weighted by Gasteiger charge is 2.09. The maximum atomic E-state index is 11.7. The van der Waals surface area contributed by atoms with E-state index < -0.39 is 0 Å². The van der Waals surface area contributed by atoms with E-state index in [1.165, 1.54) is 0 Å². The Kier molecular flexibility index (Phi) is 4.67. The first kappa shape index (κ1) is 16.3. The maximum absolute atomic E-state index is 11.7. The molecule has 0 aliphatic carbocycles. The normalized spacial score (nSPS) is 10.6. The number of para-hydroxylation sites is 1. The third kappa shape index (κ3) is 3.34. The van der Waals surface area contributed by atoms with Crippen LogP contribution in [0.15, 0.2) is 48.5 Å². The largest absolute Gasteiger partial charge is 0.462 e. The SMILES string of the molecule is CCOC(=O)c1ccc(Nc2cc(C)nc3c(Cl)cccc23)cc1. The molecule has 0 atom stereocenters. The second-order valence-electron chi connectivity index (χ2n) is 5.37. The highest BCUT2D eigenvalue weighted by atomic mass is 35.5. The zero-order chi connectivity index (χ0) is 17.1. The first-order valence-corrected chi connectivity index (χ1v) is 8.06. The Morgan fingerprint density at radius 2 is 1.96 bits per heavy atom. The highest BCUT2D eigenvalue weighted by molar-refractivity contribution is 6.35. The van der Waals surface area contributed by atoms with Gasteiger partial charge < -0.3 is 10.1 Å². The van der Waals surface area contributed by atoms with Crippen LogP contribution in [0.5, 0.6) is 0 Å². The number of hydrogen-bond acceptors (Lipinski definition) is 4. The Hall–Kier alpha value is -2.59. The summed E-state index contributed by atoms with van der Waals surface area (Å²) in [7, 11) is 0. The average molecular weight is 341 g/mol. The molecule has 3 aromatic rings. The number of aryl methyl sites for hydroxylation is 1. The molecule has 0 radical (unpaired) electrons. The summed E-state index contributed by atoms with van der Waals surface area (Å²) in [4.78, 5) is 16.2. The fourth-order valence-electron chi connectivity index (χ4n) is 2.50. The molecule has 0 amide bonds. The van der Waals surface area contributed by atoms with Gasteiger partial charge in [0.25, 0.3) is 0 Å². The van der Waals surface area contributed by atoms with Crippen LogP contribution >= 0.6 is 11.6 Å². The summed E-state index contributed by atoms with van der Waals surface area (Å²) in [5.41, 5.74) is 3.96. The Morgan fingerprint density at radius 3 is 2.67 bits per heavy atom. The molecule has 122 valence electrons. The van der Waals surface area contributed by atoms with Gasteiger partial charge in [0.1, 0.15) is 0 Å². The van der Waals surface area contributed by atoms with Gasteiger partial charge in [-0.1, -0.05) is 23.7 Å². The van der Waals surface area contributed by atoms with Crippen molar-refractivity contribution in [3.05, 3.63) is 64.8 Å². The Balaban J connectivity index is 1.93. The number of anilines is 2. The zero-order valence-electron chi connectivity index (χ0n) is 13.5. The molecule has 4 nitrogen and oxygen atoms in total. The molecule has 0 unspecified atom stereocenters. The number of rotatable bonds is 4. The minimum Gasteiger partial charge on any atom is -0.462 e. The summed E-state index contributed by atoms with van der Waals surface area (Å²) in [6.45, 7) is 4.08. The Bertz CT molecular complexity index is 892. The predicted molar refractivity (Wildman–Crippen MR) is 97.2 cm³/mol. The molecule has 2 aromatic carbocycles. The van der Waals surface area contributed by atoms with Crippen molar-refractivity contribution in [2.75, 3.05) is 11.9 Å². The van der Waals surface area contributed by atoms with E-state index in [9.17, 15) is 4.79 Å². The molecule has 24 heavy (non-hydrogen) atoms. The van der Waals surface area contributed by atoms with Crippen molar-refractivity contribution in [2.24, 2.45) is 0 Å². The van der Waals surface area contributed by atoms with Crippen LogP contribution in [-0.4, -0.2) is 17.6 Å². The van der Waals surface area contributed by atoms with E-state index in [-0.39, 0.29) is 5.97 Å². The number of carbonyl (C=O) groups is 1. The number of aromatic nitrogens is 1. The van der Waals surface area contributed by atoms with Gasteiger partial charge >= 0.3 is 5.97 Å². The lowest BCUT2D eigenvalue weighted by atomic mass is 10.1. The monoisotopic (exact) mass is 340 g/mol. The molecule has 0 spiro atoms. The molecule has 1 aromatic heterocycles. The van der Waals surface area contributed by atoms with Gasteiger partial charge in [-0.05, 0) is 50.2 Å². The summed E-state index contributed by atoms with van der Waals surface area (Å²) < 4.78 is 4.99. The van der Waals surface area contributed by atoms with Gasteiger partial charge in [0.15, 0.2) is 0 Å². The van der Waals surface area contributed by atoms with Crippen molar-refractivity contribution in [3.63, 3.8) is 0 Å². The van der Waals surface area contributed by atoms with Gasteiger partial charge in [-0.2, -0.15) is 0 Å². The quantitative estimate of drug-likeness (QED) is 0.670. The summed E-state index contributed by atoms with van der Waals surface area (Å²) in [6.07, 6.45) is 0. The molecule has 0 aliphatic heterocycles. The standard InChI is InChI=1S/C19H17ClN2O2/c1-3-24-19(23)13-7-9-14(10-8-13)22-17-11-12(2)21-18-15(17)5-4-6-16(18)20/h4-11H,3H2,1-2H3,(H,21,22). The van der Waals surface area contributed by atoms with Crippen LogP contribution in [0.25, 0.3) is 10.9 Å². The summed E-state index contributed by atoms with van der Waals surface area (Å²) in [6, 6.07) is 14.8. The van der Waals surface area contributed by atoms with Crippen LogP contribution in [0, 0.1) is 6.92 Å². The smallest absolute Gasteiger partial charge is 0.338 e. The number of pyridine rings is 1. The number of hydrogen-bond donors (Lipinski definition) is 1. The number of nitrogens with zero attached hydrogens (tertiary/aromatic N) is 1. The van der Waals surface area contributed by atoms with E-state index in [1.54, 1.807) is 19.1 Å². The van der Waals surface area contributed by atoms with Crippen molar-refractivity contribution in [2.45, 2.75) is 13.8 Å². The van der Waals surface area contributed by atoms with Gasteiger partial charge in [-0.15, -0.1) is 0 Å². The minimum absolute atomic E-state index is 0.318. The molecule has 0 aliphatic rings. The van der Waals surface area contributed by atoms with Gasteiger partial charge in [-0.25, -0.2) is 4.79 Å². The van der Waals surface area contributed by atoms with Crippen molar-refractivity contribution >= 4 is 39.8 Å². The number of ether oxygens (including phenoxy) is 1. The summed E-state index contributed by atoms with van der Waals surface area (Å²) >= 11 is 6.25. The summed E-state index contributed by atoms with van der Waals surface area (Å²) in [5, 5.41) is 4.93. The Labute approximate surface area is 145 Å². The first-order valence-electron chi connectivity index (χ1n) is 7.68. The zero-order valence-corrected chi connectivity index (χ0v) is 14.2. The Morgan fingerprint density at radius 1 is 1.21 bits per heavy atom. The van der Waals surface area contributed by atoms with E-state index in [2.05, 4.69) is 10.3 Å². The van der Waals surface area contributed by atoms with E-state index in [1.807, 2.05) is 43.3 Å². The van der Waals surface area contributed by atoms with Gasteiger partial charge in [-0.3, -0.25) is 4.98 Å². The topological polar surface area (TPSA) is 51.2 Å². The van der Waals surface area contributed by atoms with E-state index in [0.29, 0.717) is 17.2 Å². The third-order valence-electron chi connectivity index (χ3n) is 3.59. The summed E-state index contributed by atoms with van der Waals surface area (Å²) in [5.74, 6) is -0.318. The fourth-order valence-corrected chi connectivity index (χ4v) is 2.72. The molecule has 5 heteroatoms. The lowest BCUT2D eigenvalue weighted by Crippen LogP contribution is -2.04. The van der Waals surface area contributed by atoms with Crippen LogP contribution in [-0.2, 0) is 4.74 Å². The highest BCUT2D eigenvalue weighted by Crippen LogP contribution is 2.30. The molecular formula is C19H17ClN2O2. The van der Waals surface area contributed by atoms with Crippen molar-refractivity contribution < 1.29 is 9.53 Å².